The maximum absolute atomic E-state index is 12.4. The third-order valence-corrected chi connectivity index (χ3v) is 5.91. The van der Waals surface area contributed by atoms with Crippen LogP contribution < -0.4 is 10.6 Å². The van der Waals surface area contributed by atoms with Crippen LogP contribution in [0.2, 0.25) is 0 Å². The zero-order valence-electron chi connectivity index (χ0n) is 19.3. The highest BCUT2D eigenvalue weighted by Gasteiger charge is 2.14. The van der Waals surface area contributed by atoms with Gasteiger partial charge in [0.05, 0.1) is 24.5 Å². The van der Waals surface area contributed by atoms with E-state index < -0.39 is 0 Å². The molecule has 0 aliphatic rings. The van der Waals surface area contributed by atoms with Crippen LogP contribution in [0.4, 0.5) is 11.4 Å². The van der Waals surface area contributed by atoms with Crippen molar-refractivity contribution in [1.82, 2.24) is 14.8 Å². The molecule has 0 radical (unpaired) electrons. The van der Waals surface area contributed by atoms with Crippen molar-refractivity contribution in [3.05, 3.63) is 65.0 Å². The summed E-state index contributed by atoms with van der Waals surface area (Å²) in [7, 11) is 0. The molecular weight excluding hydrogens is 438 g/mol. The Labute approximate surface area is 198 Å². The number of esters is 1. The number of thioether (sulfide) groups is 1. The van der Waals surface area contributed by atoms with E-state index >= 15 is 0 Å². The number of carbonyl (C=O) groups excluding carboxylic acids is 2. The molecule has 9 heteroatoms. The smallest absolute Gasteiger partial charge is 0.338 e. The molecule has 1 amide bonds. The Hall–Kier alpha value is -3.33. The lowest BCUT2D eigenvalue weighted by Gasteiger charge is -2.11. The van der Waals surface area contributed by atoms with Crippen LogP contribution in [0.25, 0.3) is 0 Å². The Balaban J connectivity index is 1.55. The van der Waals surface area contributed by atoms with Gasteiger partial charge in [0.2, 0.25) is 5.91 Å². The van der Waals surface area contributed by atoms with Gasteiger partial charge in [0.1, 0.15) is 0 Å². The molecule has 2 N–H and O–H groups in total. The normalized spacial score (nSPS) is 10.7. The van der Waals surface area contributed by atoms with Gasteiger partial charge in [0.25, 0.3) is 0 Å². The van der Waals surface area contributed by atoms with E-state index in [0.29, 0.717) is 36.1 Å². The third-order valence-electron chi connectivity index (χ3n) is 4.94. The summed E-state index contributed by atoms with van der Waals surface area (Å²) in [5.74, 6) is 0.467. The monoisotopic (exact) mass is 467 g/mol. The summed E-state index contributed by atoms with van der Waals surface area (Å²) >= 11 is 1.34. The molecule has 3 rings (SSSR count). The zero-order valence-corrected chi connectivity index (χ0v) is 20.2. The average molecular weight is 468 g/mol. The number of carbonyl (C=O) groups is 2. The number of rotatable bonds is 10. The summed E-state index contributed by atoms with van der Waals surface area (Å²) in [6.45, 7) is 9.50. The van der Waals surface area contributed by atoms with Crippen molar-refractivity contribution in [3.63, 3.8) is 0 Å². The van der Waals surface area contributed by atoms with Crippen molar-refractivity contribution >= 4 is 35.0 Å². The van der Waals surface area contributed by atoms with Crippen LogP contribution >= 0.6 is 11.8 Å². The van der Waals surface area contributed by atoms with E-state index in [1.807, 2.05) is 11.5 Å². The number of aryl methyl sites for hydroxylation is 2. The number of aromatic nitrogens is 3. The molecule has 8 nitrogen and oxygen atoms in total. The van der Waals surface area contributed by atoms with E-state index in [-0.39, 0.29) is 17.6 Å². The van der Waals surface area contributed by atoms with Crippen LogP contribution in [0.1, 0.15) is 41.2 Å². The van der Waals surface area contributed by atoms with Crippen LogP contribution in [0, 0.1) is 13.8 Å². The van der Waals surface area contributed by atoms with Crippen LogP contribution in [0.15, 0.2) is 47.6 Å². The molecule has 174 valence electrons. The average Bonchev–Trinajstić information content (AvgIpc) is 3.19. The van der Waals surface area contributed by atoms with E-state index in [4.69, 9.17) is 4.74 Å². The van der Waals surface area contributed by atoms with Gasteiger partial charge < -0.3 is 19.9 Å². The summed E-state index contributed by atoms with van der Waals surface area (Å²) in [5, 5.41) is 15.5. The molecule has 0 unspecified atom stereocenters. The molecule has 0 bridgehead atoms. The van der Waals surface area contributed by atoms with Gasteiger partial charge in [0.15, 0.2) is 11.0 Å². The summed E-state index contributed by atoms with van der Waals surface area (Å²) in [6.07, 6.45) is 0. The molecule has 1 heterocycles. The molecule has 0 aliphatic carbocycles. The lowest BCUT2D eigenvalue weighted by atomic mass is 10.1. The maximum Gasteiger partial charge on any atom is 0.338 e. The summed E-state index contributed by atoms with van der Waals surface area (Å²) in [4.78, 5) is 24.1. The van der Waals surface area contributed by atoms with Crippen LogP contribution in [-0.4, -0.2) is 39.0 Å². The SMILES string of the molecule is CCOC(=O)c1ccc(NC(=O)CSc2nnc(CNc3ccc(C)cc3C)n2CC)cc1. The highest BCUT2D eigenvalue weighted by molar-refractivity contribution is 7.99. The second-order valence-corrected chi connectivity index (χ2v) is 8.39. The van der Waals surface area contributed by atoms with Crippen LogP contribution in [0.3, 0.4) is 0 Å². The van der Waals surface area contributed by atoms with Crippen molar-refractivity contribution in [2.45, 2.75) is 45.9 Å². The fourth-order valence-electron chi connectivity index (χ4n) is 3.29. The molecule has 0 spiro atoms. The summed E-state index contributed by atoms with van der Waals surface area (Å²) in [5.41, 5.74) is 4.53. The predicted molar refractivity (Wildman–Crippen MR) is 131 cm³/mol. The fraction of sp³-hybridized carbons (Fsp3) is 0.333. The zero-order chi connectivity index (χ0) is 23.8. The molecule has 2 aromatic carbocycles. The van der Waals surface area contributed by atoms with Crippen molar-refractivity contribution in [1.29, 1.82) is 0 Å². The van der Waals surface area contributed by atoms with Crippen molar-refractivity contribution < 1.29 is 14.3 Å². The van der Waals surface area contributed by atoms with Gasteiger partial charge in [-0.2, -0.15) is 0 Å². The fourth-order valence-corrected chi connectivity index (χ4v) is 4.11. The van der Waals surface area contributed by atoms with Gasteiger partial charge in [-0.3, -0.25) is 4.79 Å². The van der Waals surface area contributed by atoms with Gasteiger partial charge in [-0.25, -0.2) is 4.79 Å². The third kappa shape index (κ3) is 6.58. The van der Waals surface area contributed by atoms with Crippen molar-refractivity contribution in [3.8, 4) is 0 Å². The molecule has 3 aromatic rings. The molecule has 0 aliphatic heterocycles. The van der Waals surface area contributed by atoms with Crippen LogP contribution in [-0.2, 0) is 22.6 Å². The first kappa shape index (κ1) is 24.3. The number of ether oxygens (including phenoxy) is 1. The minimum atomic E-state index is -0.382. The topological polar surface area (TPSA) is 98.1 Å². The Kier molecular flexibility index (Phi) is 8.48. The highest BCUT2D eigenvalue weighted by atomic mass is 32.2. The second-order valence-electron chi connectivity index (χ2n) is 7.45. The van der Waals surface area contributed by atoms with Gasteiger partial charge in [0, 0.05) is 17.9 Å². The minimum Gasteiger partial charge on any atom is -0.462 e. The first-order chi connectivity index (χ1) is 15.9. The first-order valence-electron chi connectivity index (χ1n) is 10.8. The Bertz CT molecular complexity index is 1110. The molecule has 0 fully saturated rings. The van der Waals surface area contributed by atoms with Gasteiger partial charge in [-0.1, -0.05) is 29.5 Å². The summed E-state index contributed by atoms with van der Waals surface area (Å²) in [6, 6.07) is 12.9. The minimum absolute atomic E-state index is 0.163. The van der Waals surface area contributed by atoms with Gasteiger partial charge in [-0.05, 0) is 63.6 Å². The second kappa shape index (κ2) is 11.5. The quantitative estimate of drug-likeness (QED) is 0.336. The first-order valence-corrected chi connectivity index (χ1v) is 11.8. The van der Waals surface area contributed by atoms with Crippen LogP contribution in [0.5, 0.6) is 0 Å². The Morgan fingerprint density at radius 3 is 2.48 bits per heavy atom. The number of hydrogen-bond donors (Lipinski definition) is 2. The molecule has 0 saturated carbocycles. The highest BCUT2D eigenvalue weighted by Crippen LogP contribution is 2.20. The van der Waals surface area contributed by atoms with Gasteiger partial charge >= 0.3 is 5.97 Å². The van der Waals surface area contributed by atoms with E-state index in [2.05, 4.69) is 52.9 Å². The summed E-state index contributed by atoms with van der Waals surface area (Å²) < 4.78 is 6.97. The number of hydrogen-bond acceptors (Lipinski definition) is 7. The molecular formula is C24H29N5O3S. The lowest BCUT2D eigenvalue weighted by Crippen LogP contribution is -2.15. The number of anilines is 2. The van der Waals surface area contributed by atoms with Crippen molar-refractivity contribution in [2.24, 2.45) is 0 Å². The van der Waals surface area contributed by atoms with Crippen molar-refractivity contribution in [2.75, 3.05) is 23.0 Å². The standard InChI is InChI=1S/C24H29N5O3S/c1-5-29-21(14-25-20-12-7-16(3)13-17(20)4)27-28-24(29)33-15-22(30)26-19-10-8-18(9-11-19)23(31)32-6-2/h7-13,25H,5-6,14-15H2,1-4H3,(H,26,30). The number of amides is 1. The van der Waals surface area contributed by atoms with E-state index in [9.17, 15) is 9.59 Å². The Morgan fingerprint density at radius 1 is 1.06 bits per heavy atom. The maximum atomic E-state index is 12.4. The lowest BCUT2D eigenvalue weighted by molar-refractivity contribution is -0.113. The van der Waals surface area contributed by atoms with Gasteiger partial charge in [-0.15, -0.1) is 10.2 Å². The number of benzene rings is 2. The predicted octanol–water partition coefficient (Wildman–Crippen LogP) is 4.43. The van der Waals surface area contributed by atoms with E-state index in [0.717, 1.165) is 11.5 Å². The largest absolute Gasteiger partial charge is 0.462 e. The number of nitrogens with zero attached hydrogens (tertiary/aromatic N) is 3. The molecule has 33 heavy (non-hydrogen) atoms. The van der Waals surface area contributed by atoms with E-state index in [1.54, 1.807) is 31.2 Å². The van der Waals surface area contributed by atoms with E-state index in [1.165, 1.54) is 22.9 Å². The Morgan fingerprint density at radius 2 is 1.82 bits per heavy atom. The molecule has 1 aromatic heterocycles. The molecule has 0 atom stereocenters. The molecule has 0 saturated heterocycles. The number of nitrogens with one attached hydrogen (secondary N) is 2.